The van der Waals surface area contributed by atoms with Gasteiger partial charge >= 0.3 is 0 Å². The maximum atomic E-state index is 15.0. The normalized spacial score (nSPS) is 23.3. The zero-order chi connectivity index (χ0) is 37.5. The van der Waals surface area contributed by atoms with Gasteiger partial charge in [-0.25, -0.2) is 4.39 Å². The first-order chi connectivity index (χ1) is 25.1. The minimum Gasteiger partial charge on any atom is -0.493 e. The summed E-state index contributed by atoms with van der Waals surface area (Å²) in [4.78, 5) is 36.2. The fourth-order valence-electron chi connectivity index (χ4n) is 6.89. The van der Waals surface area contributed by atoms with E-state index in [4.69, 9.17) is 18.9 Å². The van der Waals surface area contributed by atoms with Crippen LogP contribution in [0.5, 0.6) is 11.5 Å². The number of rotatable bonds is 12. The van der Waals surface area contributed by atoms with E-state index in [9.17, 15) is 24.2 Å². The maximum absolute atomic E-state index is 15.0. The van der Waals surface area contributed by atoms with Gasteiger partial charge in [-0.2, -0.15) is 0 Å². The van der Waals surface area contributed by atoms with E-state index in [2.05, 4.69) is 23.6 Å². The number of methoxy groups -OCH3 is 2. The molecule has 4 rings (SSSR count). The molecule has 0 unspecified atom stereocenters. The summed E-state index contributed by atoms with van der Waals surface area (Å²) in [6.45, 7) is 9.77. The first-order valence-corrected chi connectivity index (χ1v) is 18.6. The second kappa shape index (κ2) is 21.4. The third kappa shape index (κ3) is 12.4. The number of nitrogens with zero attached hydrogens (tertiary/aromatic N) is 4. The van der Waals surface area contributed by atoms with Gasteiger partial charge in [0.25, 0.3) is 5.91 Å². The lowest BCUT2D eigenvalue weighted by Gasteiger charge is -2.40. The highest BCUT2D eigenvalue weighted by atomic mass is 19.1. The molecule has 4 atom stereocenters. The van der Waals surface area contributed by atoms with Crippen molar-refractivity contribution in [1.29, 1.82) is 0 Å². The predicted molar refractivity (Wildman–Crippen MR) is 196 cm³/mol. The monoisotopic (exact) mass is 730 g/mol. The molecule has 2 saturated heterocycles. The van der Waals surface area contributed by atoms with E-state index in [0.717, 1.165) is 50.6 Å². The molecule has 2 aromatic rings. The summed E-state index contributed by atoms with van der Waals surface area (Å²) in [6.07, 6.45) is -0.800. The SMILES string of the molecule is COc1ccccc1OCCCN1CCN(CC(=O)N2CCCCOC[C@@H](O)[C@@H](O)[C@H](OC)CN(C(=O)c3ccccc3F)C[C@H]2CC(C)C)CC1. The molecule has 2 heterocycles. The molecular formula is C39H59FN4O8. The third-order valence-electron chi connectivity index (χ3n) is 9.80. The molecule has 12 nitrogen and oxygen atoms in total. The molecule has 0 aliphatic carbocycles. The molecule has 0 bridgehead atoms. The Morgan fingerprint density at radius 2 is 1.62 bits per heavy atom. The van der Waals surface area contributed by atoms with Crippen LogP contribution in [0.4, 0.5) is 4.39 Å². The maximum Gasteiger partial charge on any atom is 0.256 e. The lowest BCUT2D eigenvalue weighted by molar-refractivity contribution is -0.136. The Labute approximate surface area is 308 Å². The Morgan fingerprint density at radius 3 is 2.31 bits per heavy atom. The molecule has 0 spiro atoms. The number of piperazine rings is 1. The Hall–Kier alpha value is -3.33. The first-order valence-electron chi connectivity index (χ1n) is 18.6. The number of halogens is 1. The molecule has 290 valence electrons. The number of hydrogen-bond donors (Lipinski definition) is 2. The van der Waals surface area contributed by atoms with Crippen LogP contribution in [0.2, 0.25) is 0 Å². The van der Waals surface area contributed by atoms with Gasteiger partial charge in [0.1, 0.15) is 24.1 Å². The van der Waals surface area contributed by atoms with E-state index in [1.165, 1.54) is 30.2 Å². The summed E-state index contributed by atoms with van der Waals surface area (Å²) in [5.74, 6) is 0.389. The molecule has 13 heteroatoms. The highest BCUT2D eigenvalue weighted by Gasteiger charge is 2.35. The number of aliphatic hydroxyl groups is 2. The Balaban J connectivity index is 1.45. The van der Waals surface area contributed by atoms with E-state index in [-0.39, 0.29) is 49.7 Å². The molecule has 0 saturated carbocycles. The summed E-state index contributed by atoms with van der Waals surface area (Å²) in [5, 5.41) is 21.7. The topological polar surface area (TPSA) is 124 Å². The van der Waals surface area contributed by atoms with Crippen LogP contribution < -0.4 is 9.47 Å². The molecule has 52 heavy (non-hydrogen) atoms. The number of hydrogen-bond acceptors (Lipinski definition) is 10. The van der Waals surface area contributed by atoms with E-state index in [0.29, 0.717) is 39.0 Å². The second-order valence-corrected chi connectivity index (χ2v) is 14.1. The largest absolute Gasteiger partial charge is 0.493 e. The van der Waals surface area contributed by atoms with Crippen molar-refractivity contribution in [2.45, 2.75) is 63.9 Å². The molecule has 2 aliphatic heterocycles. The van der Waals surface area contributed by atoms with Crippen molar-refractivity contribution in [3.8, 4) is 11.5 Å². The van der Waals surface area contributed by atoms with Gasteiger partial charge in [0.15, 0.2) is 11.5 Å². The van der Waals surface area contributed by atoms with Gasteiger partial charge in [-0.3, -0.25) is 14.5 Å². The Kier molecular flexibility index (Phi) is 17.0. The summed E-state index contributed by atoms with van der Waals surface area (Å²) < 4.78 is 37.5. The van der Waals surface area contributed by atoms with E-state index < -0.39 is 30.0 Å². The number of benzene rings is 2. The zero-order valence-electron chi connectivity index (χ0n) is 31.3. The van der Waals surface area contributed by atoms with Gasteiger partial charge in [-0.05, 0) is 55.9 Å². The quantitative estimate of drug-likeness (QED) is 0.315. The Bertz CT molecular complexity index is 1380. The first kappa shape index (κ1) is 41.4. The molecule has 2 aromatic carbocycles. The summed E-state index contributed by atoms with van der Waals surface area (Å²) >= 11 is 0. The molecule has 2 aliphatic rings. The van der Waals surface area contributed by atoms with Crippen LogP contribution in [-0.4, -0.2) is 159 Å². The lowest BCUT2D eigenvalue weighted by atomic mass is 9.99. The summed E-state index contributed by atoms with van der Waals surface area (Å²) in [7, 11) is 3.03. The number of aliphatic hydroxyl groups excluding tert-OH is 2. The van der Waals surface area contributed by atoms with Crippen LogP contribution in [-0.2, 0) is 14.3 Å². The molecular weight excluding hydrogens is 671 g/mol. The van der Waals surface area contributed by atoms with Crippen molar-refractivity contribution in [1.82, 2.24) is 19.6 Å². The molecule has 0 radical (unpaired) electrons. The van der Waals surface area contributed by atoms with Crippen LogP contribution in [0.1, 0.15) is 49.9 Å². The van der Waals surface area contributed by atoms with E-state index in [1.807, 2.05) is 29.2 Å². The van der Waals surface area contributed by atoms with Crippen molar-refractivity contribution in [3.05, 3.63) is 59.9 Å². The minimum absolute atomic E-state index is 0.0191. The van der Waals surface area contributed by atoms with Crippen LogP contribution in [0.25, 0.3) is 0 Å². The van der Waals surface area contributed by atoms with Crippen molar-refractivity contribution < 1.29 is 43.1 Å². The number of carbonyl (C=O) groups is 2. The standard InChI is InChI=1S/C39H59FN4O8/c1-29(2)24-30-25-43(39(48)31-12-5-6-13-32(31)40)26-36(50-4)38(47)33(45)28-51-22-10-9-17-44(30)37(46)27-42-20-18-41(19-21-42)16-11-23-52-35-15-8-7-14-34(35)49-3/h5-8,12-15,29-30,33,36,38,45,47H,9-11,16-28H2,1-4H3/t30-,33-,36-,38-/m1/s1. The number of ether oxygens (including phenoxy) is 4. The Morgan fingerprint density at radius 1 is 0.923 bits per heavy atom. The van der Waals surface area contributed by atoms with Gasteiger partial charge in [0.2, 0.25) is 5.91 Å². The fraction of sp³-hybridized carbons (Fsp3) is 0.641. The number of amides is 2. The van der Waals surface area contributed by atoms with Crippen molar-refractivity contribution in [2.75, 3.05) is 92.9 Å². The van der Waals surface area contributed by atoms with Crippen molar-refractivity contribution in [3.63, 3.8) is 0 Å². The third-order valence-corrected chi connectivity index (χ3v) is 9.80. The highest BCUT2D eigenvalue weighted by molar-refractivity contribution is 5.94. The van der Waals surface area contributed by atoms with Gasteiger partial charge in [0, 0.05) is 72.1 Å². The van der Waals surface area contributed by atoms with Gasteiger partial charge < -0.3 is 43.9 Å². The second-order valence-electron chi connectivity index (χ2n) is 14.1. The highest BCUT2D eigenvalue weighted by Crippen LogP contribution is 2.26. The molecule has 2 fully saturated rings. The van der Waals surface area contributed by atoms with Crippen LogP contribution in [0, 0.1) is 11.7 Å². The van der Waals surface area contributed by atoms with Crippen molar-refractivity contribution >= 4 is 11.8 Å². The number of carbonyl (C=O) groups excluding carboxylic acids is 2. The van der Waals surface area contributed by atoms with Crippen LogP contribution in [0.3, 0.4) is 0 Å². The zero-order valence-corrected chi connectivity index (χ0v) is 31.3. The predicted octanol–water partition coefficient (Wildman–Crippen LogP) is 3.15. The van der Waals surface area contributed by atoms with Crippen LogP contribution in [0.15, 0.2) is 48.5 Å². The van der Waals surface area contributed by atoms with E-state index >= 15 is 0 Å². The average Bonchev–Trinajstić information content (AvgIpc) is 3.14. The van der Waals surface area contributed by atoms with Crippen molar-refractivity contribution in [2.24, 2.45) is 5.92 Å². The summed E-state index contributed by atoms with van der Waals surface area (Å²) in [6, 6.07) is 13.0. The number of para-hydroxylation sites is 2. The van der Waals surface area contributed by atoms with Gasteiger partial charge in [-0.1, -0.05) is 38.1 Å². The van der Waals surface area contributed by atoms with Gasteiger partial charge in [-0.15, -0.1) is 0 Å². The molecule has 0 aromatic heterocycles. The minimum atomic E-state index is -1.36. The lowest BCUT2D eigenvalue weighted by Crippen LogP contribution is -2.56. The molecule has 2 N–H and O–H groups in total. The summed E-state index contributed by atoms with van der Waals surface area (Å²) in [5.41, 5.74) is -0.109. The van der Waals surface area contributed by atoms with E-state index in [1.54, 1.807) is 13.2 Å². The van der Waals surface area contributed by atoms with Crippen LogP contribution >= 0.6 is 0 Å². The molecule has 2 amide bonds. The van der Waals surface area contributed by atoms with Gasteiger partial charge in [0.05, 0.1) is 32.4 Å². The smallest absolute Gasteiger partial charge is 0.256 e. The fourth-order valence-corrected chi connectivity index (χ4v) is 6.89. The average molecular weight is 731 g/mol.